The minimum Gasteiger partial charge on any atom is -0.382 e. The van der Waals surface area contributed by atoms with E-state index >= 15 is 0 Å². The van der Waals surface area contributed by atoms with Gasteiger partial charge in [0.25, 0.3) is 5.91 Å². The summed E-state index contributed by atoms with van der Waals surface area (Å²) in [6, 6.07) is 11.3. The zero-order valence-corrected chi connectivity index (χ0v) is 19.5. The number of anilines is 2. The Morgan fingerprint density at radius 3 is 2.18 bits per heavy atom. The molecule has 1 amide bonds. The van der Waals surface area contributed by atoms with Crippen LogP contribution in [0.15, 0.2) is 42.5 Å². The van der Waals surface area contributed by atoms with Crippen molar-refractivity contribution in [3.8, 4) is 6.07 Å². The average molecular weight is 495 g/mol. The number of nitriles is 1. The van der Waals surface area contributed by atoms with E-state index in [1.807, 2.05) is 0 Å². The molecule has 2 aromatic carbocycles. The lowest BCUT2D eigenvalue weighted by Gasteiger charge is -2.30. The molecule has 0 saturated heterocycles. The maximum Gasteiger partial charge on any atom is 0.417 e. The monoisotopic (exact) mass is 494 g/mol. The minimum atomic E-state index is -4.61. The standard InChI is InChI=1S/C23H25F3N4O3S/c1-30(34(2,32)33)20-11-4-15(5-12-20)22(31)29-18-9-7-17(8-10-18)28-19-6-3-16(14-27)21(13-19)23(24,25)26/h3-6,11-13,17-18,28H,7-10H2,1-2H3,(H,29,31)/t17-,18+. The van der Waals surface area contributed by atoms with E-state index in [0.717, 1.165) is 22.7 Å². The molecule has 11 heteroatoms. The molecule has 2 N–H and O–H groups in total. The molecule has 2 aromatic rings. The van der Waals surface area contributed by atoms with E-state index < -0.39 is 27.3 Å². The fraction of sp³-hybridized carbons (Fsp3) is 0.391. The summed E-state index contributed by atoms with van der Waals surface area (Å²) in [4.78, 5) is 12.6. The van der Waals surface area contributed by atoms with Crippen molar-refractivity contribution in [1.29, 1.82) is 5.26 Å². The molecule has 0 unspecified atom stereocenters. The minimum absolute atomic E-state index is 0.0482. The second-order valence-corrected chi connectivity index (χ2v) is 10.3. The summed E-state index contributed by atoms with van der Waals surface area (Å²) in [5, 5.41) is 15.0. The van der Waals surface area contributed by atoms with Gasteiger partial charge in [0.15, 0.2) is 0 Å². The summed E-state index contributed by atoms with van der Waals surface area (Å²) < 4.78 is 63.9. The van der Waals surface area contributed by atoms with Crippen LogP contribution in [0.25, 0.3) is 0 Å². The number of rotatable bonds is 6. The van der Waals surface area contributed by atoms with E-state index in [4.69, 9.17) is 5.26 Å². The molecule has 0 radical (unpaired) electrons. The van der Waals surface area contributed by atoms with Crippen molar-refractivity contribution >= 4 is 27.3 Å². The van der Waals surface area contributed by atoms with Crippen molar-refractivity contribution in [2.45, 2.75) is 43.9 Å². The third kappa shape index (κ3) is 6.20. The molecule has 182 valence electrons. The summed E-state index contributed by atoms with van der Waals surface area (Å²) in [5.74, 6) is -0.271. The quantitative estimate of drug-likeness (QED) is 0.629. The van der Waals surface area contributed by atoms with Crippen LogP contribution in [0.5, 0.6) is 0 Å². The van der Waals surface area contributed by atoms with Crippen molar-refractivity contribution in [3.05, 3.63) is 59.2 Å². The van der Waals surface area contributed by atoms with Gasteiger partial charge >= 0.3 is 6.18 Å². The van der Waals surface area contributed by atoms with Crippen LogP contribution in [-0.2, 0) is 16.2 Å². The highest BCUT2D eigenvalue weighted by molar-refractivity contribution is 7.92. The van der Waals surface area contributed by atoms with Gasteiger partial charge in [-0.2, -0.15) is 18.4 Å². The van der Waals surface area contributed by atoms with E-state index in [0.29, 0.717) is 42.6 Å². The predicted octanol–water partition coefficient (Wildman–Crippen LogP) is 4.13. The van der Waals surface area contributed by atoms with E-state index in [-0.39, 0.29) is 18.0 Å². The number of hydrogen-bond acceptors (Lipinski definition) is 5. The van der Waals surface area contributed by atoms with E-state index in [1.165, 1.54) is 13.1 Å². The number of halogens is 3. The molecule has 1 saturated carbocycles. The Morgan fingerprint density at radius 2 is 1.65 bits per heavy atom. The van der Waals surface area contributed by atoms with Crippen LogP contribution in [-0.4, -0.2) is 39.7 Å². The van der Waals surface area contributed by atoms with Gasteiger partial charge in [-0.25, -0.2) is 8.42 Å². The van der Waals surface area contributed by atoms with Crippen molar-refractivity contribution in [2.75, 3.05) is 22.9 Å². The predicted molar refractivity (Wildman–Crippen MR) is 123 cm³/mol. The normalized spacial score (nSPS) is 18.6. The number of nitrogens with zero attached hydrogens (tertiary/aromatic N) is 2. The SMILES string of the molecule is CN(c1ccc(C(=O)N[C@H]2CC[C@@H](Nc3ccc(C#N)c(C(F)(F)F)c3)CC2)cc1)S(C)(=O)=O. The zero-order valence-electron chi connectivity index (χ0n) is 18.7. The zero-order chi connectivity index (χ0) is 25.1. The highest BCUT2D eigenvalue weighted by Gasteiger charge is 2.34. The van der Waals surface area contributed by atoms with E-state index in [1.54, 1.807) is 30.3 Å². The van der Waals surface area contributed by atoms with Crippen molar-refractivity contribution in [1.82, 2.24) is 5.32 Å². The van der Waals surface area contributed by atoms with Gasteiger partial charge in [0, 0.05) is 30.4 Å². The van der Waals surface area contributed by atoms with Gasteiger partial charge in [-0.15, -0.1) is 0 Å². The number of benzene rings is 2. The first-order valence-electron chi connectivity index (χ1n) is 10.6. The topological polar surface area (TPSA) is 102 Å². The largest absolute Gasteiger partial charge is 0.417 e. The molecule has 0 aliphatic heterocycles. The molecular weight excluding hydrogens is 469 g/mol. The van der Waals surface area contributed by atoms with Crippen molar-refractivity contribution in [3.63, 3.8) is 0 Å². The molecule has 0 bridgehead atoms. The van der Waals surface area contributed by atoms with Gasteiger partial charge in [-0.3, -0.25) is 9.10 Å². The fourth-order valence-electron chi connectivity index (χ4n) is 3.87. The van der Waals surface area contributed by atoms with E-state index in [9.17, 15) is 26.4 Å². The third-order valence-corrected chi connectivity index (χ3v) is 7.07. The number of sulfonamides is 1. The number of carbonyl (C=O) groups excluding carboxylic acids is 1. The van der Waals surface area contributed by atoms with Crippen LogP contribution in [0, 0.1) is 11.3 Å². The van der Waals surface area contributed by atoms with Gasteiger partial charge in [0.05, 0.1) is 29.1 Å². The first kappa shape index (κ1) is 25.4. The van der Waals surface area contributed by atoms with Gasteiger partial charge in [-0.1, -0.05) is 0 Å². The Hall–Kier alpha value is -3.26. The molecule has 3 rings (SSSR count). The summed E-state index contributed by atoms with van der Waals surface area (Å²) in [6.07, 6.45) is -0.894. The van der Waals surface area contributed by atoms with Crippen molar-refractivity contribution in [2.24, 2.45) is 0 Å². The molecule has 1 aliphatic carbocycles. The number of carbonyl (C=O) groups is 1. The Labute approximate surface area is 196 Å². The van der Waals surface area contributed by atoms with Crippen LogP contribution in [0.3, 0.4) is 0 Å². The summed E-state index contributed by atoms with van der Waals surface area (Å²) in [7, 11) is -1.97. The molecular formula is C23H25F3N4O3S. The Bertz CT molecular complexity index is 1180. The molecule has 1 aliphatic rings. The van der Waals surface area contributed by atoms with Crippen LogP contribution in [0.1, 0.15) is 47.2 Å². The second-order valence-electron chi connectivity index (χ2n) is 8.31. The maximum atomic E-state index is 13.2. The summed E-state index contributed by atoms with van der Waals surface area (Å²) in [6.45, 7) is 0. The van der Waals surface area contributed by atoms with Crippen LogP contribution in [0.4, 0.5) is 24.5 Å². The molecule has 1 fully saturated rings. The first-order valence-corrected chi connectivity index (χ1v) is 12.5. The average Bonchev–Trinajstić information content (AvgIpc) is 2.78. The Morgan fingerprint density at radius 1 is 1.06 bits per heavy atom. The molecule has 0 heterocycles. The lowest BCUT2D eigenvalue weighted by molar-refractivity contribution is -0.137. The fourth-order valence-corrected chi connectivity index (χ4v) is 4.37. The summed E-state index contributed by atoms with van der Waals surface area (Å²) in [5.41, 5.74) is -0.224. The highest BCUT2D eigenvalue weighted by Crippen LogP contribution is 2.34. The lowest BCUT2D eigenvalue weighted by atomic mass is 9.90. The highest BCUT2D eigenvalue weighted by atomic mass is 32.2. The second kappa shape index (κ2) is 9.93. The number of amides is 1. The van der Waals surface area contributed by atoms with Crippen LogP contribution in [0.2, 0.25) is 0 Å². The van der Waals surface area contributed by atoms with Gasteiger partial charge < -0.3 is 10.6 Å². The van der Waals surface area contributed by atoms with Crippen LogP contribution >= 0.6 is 0 Å². The smallest absolute Gasteiger partial charge is 0.382 e. The third-order valence-electron chi connectivity index (χ3n) is 5.87. The number of hydrogen-bond donors (Lipinski definition) is 2. The number of alkyl halides is 3. The Balaban J connectivity index is 1.55. The maximum absolute atomic E-state index is 13.2. The molecule has 7 nitrogen and oxygen atoms in total. The van der Waals surface area contributed by atoms with E-state index in [2.05, 4.69) is 10.6 Å². The lowest BCUT2D eigenvalue weighted by Crippen LogP contribution is -2.40. The number of nitrogens with one attached hydrogen (secondary N) is 2. The van der Waals surface area contributed by atoms with Crippen LogP contribution < -0.4 is 14.9 Å². The van der Waals surface area contributed by atoms with Gasteiger partial charge in [0.1, 0.15) is 0 Å². The van der Waals surface area contributed by atoms with Gasteiger partial charge in [-0.05, 0) is 68.1 Å². The first-order chi connectivity index (χ1) is 15.9. The summed E-state index contributed by atoms with van der Waals surface area (Å²) >= 11 is 0. The van der Waals surface area contributed by atoms with Crippen molar-refractivity contribution < 1.29 is 26.4 Å². The molecule has 0 aromatic heterocycles. The molecule has 34 heavy (non-hydrogen) atoms. The molecule has 0 atom stereocenters. The molecule has 0 spiro atoms. The van der Waals surface area contributed by atoms with Gasteiger partial charge in [0.2, 0.25) is 10.0 Å². The Kier molecular flexibility index (Phi) is 7.41.